The number of hydrogen-bond donors (Lipinski definition) is 2. The normalized spacial score (nSPS) is 19.2. The average molecular weight is 235 g/mol. The van der Waals surface area contributed by atoms with Crippen LogP contribution in [0, 0.1) is 17.0 Å². The molecule has 0 radical (unpaired) electrons. The minimum absolute atomic E-state index is 0.147. The second kappa shape index (κ2) is 5.14. The van der Waals surface area contributed by atoms with Crippen LogP contribution in [0.2, 0.25) is 0 Å². The predicted octanol–water partition coefficient (Wildman–Crippen LogP) is 2.07. The van der Waals surface area contributed by atoms with Crippen LogP contribution in [0.1, 0.15) is 18.4 Å². The summed E-state index contributed by atoms with van der Waals surface area (Å²) in [6, 6.07) is 5.57. The van der Waals surface area contributed by atoms with E-state index in [2.05, 4.69) is 10.6 Å². The van der Waals surface area contributed by atoms with E-state index in [1.807, 2.05) is 13.0 Å². The average Bonchev–Trinajstić information content (AvgIpc) is 2.78. The van der Waals surface area contributed by atoms with Crippen molar-refractivity contribution in [2.24, 2.45) is 0 Å². The van der Waals surface area contributed by atoms with Crippen LogP contribution in [0.15, 0.2) is 18.2 Å². The Morgan fingerprint density at radius 1 is 1.59 bits per heavy atom. The smallest absolute Gasteiger partial charge is 0.292 e. The minimum Gasteiger partial charge on any atom is -0.378 e. The Labute approximate surface area is 100 Å². The van der Waals surface area contributed by atoms with Gasteiger partial charge < -0.3 is 10.6 Å². The molecule has 1 atom stereocenters. The summed E-state index contributed by atoms with van der Waals surface area (Å²) in [5.41, 5.74) is 1.79. The molecular formula is C12H17N3O2. The molecule has 1 heterocycles. The second-order valence-electron chi connectivity index (χ2n) is 4.45. The molecule has 0 aliphatic carbocycles. The lowest BCUT2D eigenvalue weighted by Gasteiger charge is -2.13. The molecule has 5 nitrogen and oxygen atoms in total. The summed E-state index contributed by atoms with van der Waals surface area (Å²) in [7, 11) is 0. The maximum atomic E-state index is 10.9. The monoisotopic (exact) mass is 235 g/mol. The number of aryl methyl sites for hydroxylation is 1. The molecular weight excluding hydrogens is 218 g/mol. The molecule has 2 N–H and O–H groups in total. The Balaban J connectivity index is 2.07. The molecule has 0 saturated carbocycles. The Hall–Kier alpha value is -1.62. The molecule has 1 aliphatic heterocycles. The number of nitro benzene ring substituents is 1. The van der Waals surface area contributed by atoms with Crippen molar-refractivity contribution in [3.63, 3.8) is 0 Å². The van der Waals surface area contributed by atoms with E-state index in [-0.39, 0.29) is 10.6 Å². The molecule has 5 heteroatoms. The molecule has 1 aliphatic rings. The summed E-state index contributed by atoms with van der Waals surface area (Å²) >= 11 is 0. The lowest BCUT2D eigenvalue weighted by atomic mass is 10.1. The van der Waals surface area contributed by atoms with Gasteiger partial charge in [-0.2, -0.15) is 0 Å². The SMILES string of the molecule is Cc1ccc([N+](=O)[O-])c(NCC2CCCN2)c1. The Morgan fingerprint density at radius 2 is 2.41 bits per heavy atom. The predicted molar refractivity (Wildman–Crippen MR) is 67.3 cm³/mol. The van der Waals surface area contributed by atoms with E-state index in [4.69, 9.17) is 0 Å². The fourth-order valence-corrected chi connectivity index (χ4v) is 2.11. The van der Waals surface area contributed by atoms with E-state index in [0.717, 1.165) is 25.1 Å². The highest BCUT2D eigenvalue weighted by molar-refractivity contribution is 5.62. The van der Waals surface area contributed by atoms with E-state index in [1.54, 1.807) is 12.1 Å². The number of anilines is 1. The fraction of sp³-hybridized carbons (Fsp3) is 0.500. The number of nitro groups is 1. The van der Waals surface area contributed by atoms with Crippen molar-refractivity contribution in [3.05, 3.63) is 33.9 Å². The van der Waals surface area contributed by atoms with Gasteiger partial charge in [-0.3, -0.25) is 10.1 Å². The topological polar surface area (TPSA) is 67.2 Å². The number of rotatable bonds is 4. The fourth-order valence-electron chi connectivity index (χ4n) is 2.11. The highest BCUT2D eigenvalue weighted by Gasteiger charge is 2.17. The van der Waals surface area contributed by atoms with Crippen LogP contribution in [0.25, 0.3) is 0 Å². The molecule has 1 unspecified atom stereocenters. The van der Waals surface area contributed by atoms with Crippen LogP contribution in [-0.4, -0.2) is 24.1 Å². The number of nitrogens with zero attached hydrogens (tertiary/aromatic N) is 1. The van der Waals surface area contributed by atoms with Crippen molar-refractivity contribution in [1.29, 1.82) is 0 Å². The van der Waals surface area contributed by atoms with Gasteiger partial charge in [-0.05, 0) is 37.9 Å². The van der Waals surface area contributed by atoms with Crippen LogP contribution in [0.4, 0.5) is 11.4 Å². The summed E-state index contributed by atoms with van der Waals surface area (Å²) in [5.74, 6) is 0. The zero-order valence-electron chi connectivity index (χ0n) is 9.90. The third kappa shape index (κ3) is 2.94. The largest absolute Gasteiger partial charge is 0.378 e. The molecule has 1 fully saturated rings. The lowest BCUT2D eigenvalue weighted by Crippen LogP contribution is -2.29. The molecule has 92 valence electrons. The second-order valence-corrected chi connectivity index (χ2v) is 4.45. The van der Waals surface area contributed by atoms with E-state index in [0.29, 0.717) is 11.7 Å². The quantitative estimate of drug-likeness (QED) is 0.619. The first-order chi connectivity index (χ1) is 8.16. The van der Waals surface area contributed by atoms with Gasteiger partial charge in [0.25, 0.3) is 5.69 Å². The van der Waals surface area contributed by atoms with Crippen molar-refractivity contribution in [3.8, 4) is 0 Å². The maximum Gasteiger partial charge on any atom is 0.292 e. The molecule has 17 heavy (non-hydrogen) atoms. The van der Waals surface area contributed by atoms with Gasteiger partial charge >= 0.3 is 0 Å². The van der Waals surface area contributed by atoms with Gasteiger partial charge in [0.2, 0.25) is 0 Å². The number of nitrogens with one attached hydrogen (secondary N) is 2. The van der Waals surface area contributed by atoms with Gasteiger partial charge in [0.15, 0.2) is 0 Å². The van der Waals surface area contributed by atoms with Crippen molar-refractivity contribution < 1.29 is 4.92 Å². The minimum atomic E-state index is -0.343. The Bertz CT molecular complexity index is 414. The number of hydrogen-bond acceptors (Lipinski definition) is 4. The molecule has 0 amide bonds. The first-order valence-electron chi connectivity index (χ1n) is 5.89. The van der Waals surface area contributed by atoms with Crippen molar-refractivity contribution in [2.75, 3.05) is 18.4 Å². The van der Waals surface area contributed by atoms with Gasteiger partial charge in [0, 0.05) is 18.7 Å². The van der Waals surface area contributed by atoms with Crippen LogP contribution in [0.5, 0.6) is 0 Å². The standard InChI is InChI=1S/C12H17N3O2/c1-9-4-5-12(15(16)17)11(7-9)14-8-10-3-2-6-13-10/h4-5,7,10,13-14H,2-3,6,8H2,1H3. The van der Waals surface area contributed by atoms with E-state index in [1.165, 1.54) is 6.42 Å². The summed E-state index contributed by atoms with van der Waals surface area (Å²) < 4.78 is 0. The molecule has 1 saturated heterocycles. The molecule has 2 rings (SSSR count). The van der Waals surface area contributed by atoms with E-state index >= 15 is 0 Å². The summed E-state index contributed by atoms with van der Waals surface area (Å²) in [4.78, 5) is 10.5. The maximum absolute atomic E-state index is 10.9. The zero-order valence-corrected chi connectivity index (χ0v) is 9.90. The van der Waals surface area contributed by atoms with Gasteiger partial charge in [-0.15, -0.1) is 0 Å². The molecule has 1 aromatic carbocycles. The first kappa shape index (κ1) is 11.9. The third-order valence-corrected chi connectivity index (χ3v) is 3.05. The van der Waals surface area contributed by atoms with Gasteiger partial charge in [0.1, 0.15) is 5.69 Å². The van der Waals surface area contributed by atoms with E-state index in [9.17, 15) is 10.1 Å². The molecule has 0 spiro atoms. The Kier molecular flexibility index (Phi) is 3.58. The summed E-state index contributed by atoms with van der Waals surface area (Å²) in [6.07, 6.45) is 2.31. The van der Waals surface area contributed by atoms with Gasteiger partial charge in [-0.25, -0.2) is 0 Å². The van der Waals surface area contributed by atoms with Crippen LogP contribution in [0.3, 0.4) is 0 Å². The molecule has 0 aromatic heterocycles. The van der Waals surface area contributed by atoms with Gasteiger partial charge in [-0.1, -0.05) is 6.07 Å². The zero-order chi connectivity index (χ0) is 12.3. The third-order valence-electron chi connectivity index (χ3n) is 3.05. The van der Waals surface area contributed by atoms with Crippen molar-refractivity contribution >= 4 is 11.4 Å². The van der Waals surface area contributed by atoms with Crippen LogP contribution >= 0.6 is 0 Å². The first-order valence-corrected chi connectivity index (χ1v) is 5.89. The lowest BCUT2D eigenvalue weighted by molar-refractivity contribution is -0.384. The molecule has 0 bridgehead atoms. The highest BCUT2D eigenvalue weighted by atomic mass is 16.6. The van der Waals surface area contributed by atoms with Crippen LogP contribution < -0.4 is 10.6 Å². The van der Waals surface area contributed by atoms with Crippen LogP contribution in [-0.2, 0) is 0 Å². The summed E-state index contributed by atoms with van der Waals surface area (Å²) in [6.45, 7) is 3.72. The summed E-state index contributed by atoms with van der Waals surface area (Å²) in [5, 5.41) is 17.4. The molecule has 1 aromatic rings. The Morgan fingerprint density at radius 3 is 3.06 bits per heavy atom. The highest BCUT2D eigenvalue weighted by Crippen LogP contribution is 2.25. The van der Waals surface area contributed by atoms with E-state index < -0.39 is 0 Å². The van der Waals surface area contributed by atoms with Crippen molar-refractivity contribution in [1.82, 2.24) is 5.32 Å². The van der Waals surface area contributed by atoms with Crippen molar-refractivity contribution in [2.45, 2.75) is 25.8 Å². The number of benzene rings is 1. The van der Waals surface area contributed by atoms with Gasteiger partial charge in [0.05, 0.1) is 4.92 Å².